The maximum atomic E-state index is 13.0. The molecule has 39 heavy (non-hydrogen) atoms. The predicted octanol–water partition coefficient (Wildman–Crippen LogP) is 4.27. The Bertz CT molecular complexity index is 1350. The van der Waals surface area contributed by atoms with Gasteiger partial charge >= 0.3 is 12.1 Å². The van der Waals surface area contributed by atoms with E-state index >= 15 is 0 Å². The second-order valence-electron chi connectivity index (χ2n) is 8.43. The van der Waals surface area contributed by atoms with Crippen molar-refractivity contribution in [3.8, 4) is 0 Å². The zero-order chi connectivity index (χ0) is 28.3. The molecule has 1 fully saturated rings. The molecule has 2 aliphatic rings. The summed E-state index contributed by atoms with van der Waals surface area (Å²) < 4.78 is 15.6. The summed E-state index contributed by atoms with van der Waals surface area (Å²) in [5, 5.41) is 21.0. The monoisotopic (exact) mass is 577 g/mol. The second kappa shape index (κ2) is 11.7. The second-order valence-corrected chi connectivity index (χ2v) is 9.91. The van der Waals surface area contributed by atoms with Crippen molar-refractivity contribution in [1.29, 1.82) is 0 Å². The summed E-state index contributed by atoms with van der Waals surface area (Å²) >= 11 is 7.22. The van der Waals surface area contributed by atoms with Crippen LogP contribution in [0.15, 0.2) is 59.1 Å². The number of nitro groups is 2. The highest BCUT2D eigenvalue weighted by Gasteiger charge is 2.58. The number of thioether (sulfide) groups is 1. The molecule has 0 unspecified atom stereocenters. The molecule has 0 saturated carbocycles. The Morgan fingerprint density at radius 3 is 1.97 bits per heavy atom. The van der Waals surface area contributed by atoms with Crippen molar-refractivity contribution >= 4 is 52.8 Å². The number of esters is 1. The van der Waals surface area contributed by atoms with E-state index in [-0.39, 0.29) is 36.2 Å². The highest BCUT2D eigenvalue weighted by atomic mass is 35.5. The Hall–Kier alpha value is -4.17. The van der Waals surface area contributed by atoms with Crippen LogP contribution in [0.1, 0.15) is 18.1 Å². The molecule has 1 amide bonds. The summed E-state index contributed by atoms with van der Waals surface area (Å²) in [7, 11) is 0. The first-order chi connectivity index (χ1) is 18.6. The number of nitrogens with zero attached hydrogens (tertiary/aromatic N) is 3. The minimum Gasteiger partial charge on any atom is -0.456 e. The Morgan fingerprint density at radius 2 is 1.49 bits per heavy atom. The molecule has 0 aliphatic carbocycles. The van der Waals surface area contributed by atoms with E-state index in [0.29, 0.717) is 16.0 Å². The van der Waals surface area contributed by atoms with Gasteiger partial charge in [0, 0.05) is 29.2 Å². The first-order valence-electron chi connectivity index (χ1n) is 11.4. The van der Waals surface area contributed by atoms with Gasteiger partial charge in [-0.15, -0.1) is 23.4 Å². The number of carbonyl (C=O) groups is 3. The van der Waals surface area contributed by atoms with Crippen LogP contribution < -0.4 is 0 Å². The van der Waals surface area contributed by atoms with E-state index in [1.807, 2.05) is 0 Å². The van der Waals surface area contributed by atoms with Crippen molar-refractivity contribution in [3.63, 3.8) is 0 Å². The quantitative estimate of drug-likeness (QED) is 0.130. The molecular formula is C24H20ClN3O10S. The van der Waals surface area contributed by atoms with Gasteiger partial charge in [-0.1, -0.05) is 0 Å². The Balaban J connectivity index is 1.31. The number of carbonyl (C=O) groups excluding carboxylic acids is 3. The number of rotatable bonds is 10. The lowest BCUT2D eigenvalue weighted by atomic mass is 9.92. The fourth-order valence-corrected chi connectivity index (χ4v) is 5.73. The van der Waals surface area contributed by atoms with Crippen LogP contribution in [0.2, 0.25) is 0 Å². The predicted molar refractivity (Wildman–Crippen MR) is 136 cm³/mol. The maximum Gasteiger partial charge on any atom is 0.508 e. The Labute approximate surface area is 229 Å². The van der Waals surface area contributed by atoms with Gasteiger partial charge in [0.2, 0.25) is 5.91 Å². The maximum absolute atomic E-state index is 13.0. The number of amides is 1. The smallest absolute Gasteiger partial charge is 0.456 e. The topological polar surface area (TPSA) is 168 Å². The van der Waals surface area contributed by atoms with Gasteiger partial charge in [-0.2, -0.15) is 0 Å². The van der Waals surface area contributed by atoms with Crippen LogP contribution in [0.4, 0.5) is 16.2 Å². The molecule has 2 aromatic carbocycles. The molecule has 0 N–H and O–H groups in total. The van der Waals surface area contributed by atoms with Crippen LogP contribution in [0.3, 0.4) is 0 Å². The number of hydrogen-bond donors (Lipinski definition) is 0. The summed E-state index contributed by atoms with van der Waals surface area (Å²) in [6, 6.07) is 10.9. The highest BCUT2D eigenvalue weighted by Crippen LogP contribution is 2.51. The van der Waals surface area contributed by atoms with Crippen molar-refractivity contribution in [2.45, 2.75) is 31.6 Å². The van der Waals surface area contributed by atoms with Gasteiger partial charge in [-0.05, 0) is 42.3 Å². The van der Waals surface area contributed by atoms with Crippen molar-refractivity contribution in [1.82, 2.24) is 4.90 Å². The van der Waals surface area contributed by atoms with E-state index in [9.17, 15) is 34.6 Å². The first-order valence-corrected chi connectivity index (χ1v) is 12.8. The molecule has 0 aromatic heterocycles. The number of allylic oxidation sites excluding steroid dienone is 1. The number of halogens is 1. The van der Waals surface area contributed by atoms with Crippen LogP contribution >= 0.6 is 23.4 Å². The van der Waals surface area contributed by atoms with Crippen molar-refractivity contribution in [2.75, 3.05) is 5.88 Å². The van der Waals surface area contributed by atoms with Crippen LogP contribution in [0, 0.1) is 26.1 Å². The molecule has 0 spiro atoms. The van der Waals surface area contributed by atoms with Crippen LogP contribution in [0.25, 0.3) is 0 Å². The molecule has 4 rings (SSSR count). The minimum atomic E-state index is -1.02. The molecule has 3 atom stereocenters. The summed E-state index contributed by atoms with van der Waals surface area (Å²) in [6.07, 6.45) is -1.91. The minimum absolute atomic E-state index is 0.0103. The Morgan fingerprint density at radius 1 is 0.974 bits per heavy atom. The van der Waals surface area contributed by atoms with Gasteiger partial charge in [-0.3, -0.25) is 29.9 Å². The molecule has 15 heteroatoms. The lowest BCUT2D eigenvalue weighted by Gasteiger charge is -2.44. The summed E-state index contributed by atoms with van der Waals surface area (Å²) in [4.78, 5) is 60.1. The van der Waals surface area contributed by atoms with E-state index in [1.165, 1.54) is 72.1 Å². The molecule has 2 aromatic rings. The van der Waals surface area contributed by atoms with E-state index in [4.69, 9.17) is 25.8 Å². The number of β-lactam (4-membered cyclic amide) rings is 1. The molecule has 204 valence electrons. The van der Waals surface area contributed by atoms with Gasteiger partial charge in [0.25, 0.3) is 11.4 Å². The van der Waals surface area contributed by atoms with E-state index in [0.717, 1.165) is 0 Å². The number of fused-ring (bicyclic) bond motifs is 1. The largest absolute Gasteiger partial charge is 0.508 e. The highest BCUT2D eigenvalue weighted by molar-refractivity contribution is 8.04. The third kappa shape index (κ3) is 5.96. The van der Waals surface area contributed by atoms with E-state index < -0.39 is 45.3 Å². The fourth-order valence-electron chi connectivity index (χ4n) is 3.97. The third-order valence-corrected chi connectivity index (χ3v) is 7.77. The van der Waals surface area contributed by atoms with Gasteiger partial charge in [0.1, 0.15) is 36.3 Å². The zero-order valence-electron chi connectivity index (χ0n) is 20.2. The van der Waals surface area contributed by atoms with Crippen molar-refractivity contribution < 1.29 is 38.4 Å². The molecule has 0 radical (unpaired) electrons. The van der Waals surface area contributed by atoms with E-state index in [2.05, 4.69) is 0 Å². The number of benzene rings is 2. The van der Waals surface area contributed by atoms with Crippen LogP contribution in [-0.4, -0.2) is 50.1 Å². The molecule has 2 heterocycles. The molecule has 1 saturated heterocycles. The lowest BCUT2D eigenvalue weighted by Crippen LogP contribution is -2.61. The van der Waals surface area contributed by atoms with Crippen LogP contribution in [0.5, 0.6) is 0 Å². The SMILES string of the molecule is C[C@@H](OC(=O)OCc1ccc([N+](=O)[O-])cc1)[C@H]1C(=O)N2C(C(=O)OCc3ccc([N+](=O)[O-])cc3)=C(CCl)S[C@H]12. The zero-order valence-corrected chi connectivity index (χ0v) is 21.8. The lowest BCUT2D eigenvalue weighted by molar-refractivity contribution is -0.385. The number of nitro benzene ring substituents is 2. The first kappa shape index (κ1) is 27.9. The summed E-state index contributed by atoms with van der Waals surface area (Å²) in [5.41, 5.74) is 0.838. The third-order valence-electron chi connectivity index (χ3n) is 5.98. The van der Waals surface area contributed by atoms with Crippen LogP contribution in [-0.2, 0) is 37.0 Å². The summed E-state index contributed by atoms with van der Waals surface area (Å²) in [6.45, 7) is 1.17. The molecule has 0 bridgehead atoms. The van der Waals surface area contributed by atoms with E-state index in [1.54, 1.807) is 0 Å². The fraction of sp³-hybridized carbons (Fsp3) is 0.292. The van der Waals surface area contributed by atoms with Gasteiger partial charge in [-0.25, -0.2) is 9.59 Å². The number of ether oxygens (including phenoxy) is 3. The summed E-state index contributed by atoms with van der Waals surface area (Å²) in [5.74, 6) is -2.04. The van der Waals surface area contributed by atoms with Crippen molar-refractivity contribution in [2.24, 2.45) is 5.92 Å². The standard InChI is InChI=1S/C24H20ClN3O10S/c1-13(38-24(31)37-12-15-4-8-17(9-5-15)28(34)35)19-21(29)26-20(18(10-25)39-22(19)26)23(30)36-11-14-2-6-16(7-3-14)27(32)33/h2-9,13,19,22H,10-12H2,1H3/t13-,19+,22-/m1/s1. The average Bonchev–Trinajstić information content (AvgIpc) is 3.25. The number of hydrogen-bond acceptors (Lipinski definition) is 11. The van der Waals surface area contributed by atoms with Crippen molar-refractivity contribution in [3.05, 3.63) is 90.5 Å². The van der Waals surface area contributed by atoms with Gasteiger partial charge in [0.15, 0.2) is 0 Å². The Kier molecular flexibility index (Phi) is 8.35. The molecular weight excluding hydrogens is 558 g/mol. The van der Waals surface area contributed by atoms with Gasteiger partial charge < -0.3 is 14.2 Å². The number of non-ortho nitro benzene ring substituents is 2. The molecule has 2 aliphatic heterocycles. The average molecular weight is 578 g/mol. The molecule has 13 nitrogen and oxygen atoms in total. The normalized spacial score (nSPS) is 18.6. The number of alkyl halides is 1. The van der Waals surface area contributed by atoms with Gasteiger partial charge in [0.05, 0.1) is 15.7 Å².